The molecule has 0 bridgehead atoms. The summed E-state index contributed by atoms with van der Waals surface area (Å²) < 4.78 is 5.37. The van der Waals surface area contributed by atoms with Gasteiger partial charge in [-0.2, -0.15) is 11.8 Å². The van der Waals surface area contributed by atoms with Gasteiger partial charge in [0.05, 0.1) is 12.4 Å². The number of carbonyl (C=O) groups is 1. The van der Waals surface area contributed by atoms with Gasteiger partial charge in [0.2, 0.25) is 5.91 Å². The molecule has 1 aromatic carbocycles. The Morgan fingerprint density at radius 2 is 1.90 bits per heavy atom. The van der Waals surface area contributed by atoms with Crippen molar-refractivity contribution in [2.24, 2.45) is 0 Å². The summed E-state index contributed by atoms with van der Waals surface area (Å²) >= 11 is 3.42. The molecule has 0 aliphatic heterocycles. The molecular formula is C16H25NO2S2. The van der Waals surface area contributed by atoms with Gasteiger partial charge in [0.25, 0.3) is 0 Å². The number of ether oxygens (including phenoxy) is 1. The Balaban J connectivity index is 2.33. The lowest BCUT2D eigenvalue weighted by Crippen LogP contribution is -2.33. The molecule has 1 atom stereocenters. The fourth-order valence-electron chi connectivity index (χ4n) is 1.59. The number of methoxy groups -OCH3 is 1. The highest BCUT2D eigenvalue weighted by atomic mass is 32.2. The van der Waals surface area contributed by atoms with Gasteiger partial charge in [-0.05, 0) is 31.2 Å². The van der Waals surface area contributed by atoms with E-state index in [9.17, 15) is 4.79 Å². The number of amides is 1. The second-order valence-electron chi connectivity index (χ2n) is 5.69. The number of thioether (sulfide) groups is 2. The molecule has 3 nitrogen and oxygen atoms in total. The predicted molar refractivity (Wildman–Crippen MR) is 93.5 cm³/mol. The minimum atomic E-state index is -0.0990. The molecule has 0 heterocycles. The van der Waals surface area contributed by atoms with Gasteiger partial charge in [0, 0.05) is 21.9 Å². The van der Waals surface area contributed by atoms with Gasteiger partial charge in [-0.15, -0.1) is 11.8 Å². The van der Waals surface area contributed by atoms with Crippen LogP contribution in [0, 0.1) is 0 Å². The molecule has 0 unspecified atom stereocenters. The van der Waals surface area contributed by atoms with Crippen LogP contribution in [0.25, 0.3) is 0 Å². The van der Waals surface area contributed by atoms with Crippen molar-refractivity contribution in [3.8, 4) is 5.75 Å². The van der Waals surface area contributed by atoms with Crippen molar-refractivity contribution >= 4 is 29.4 Å². The maximum atomic E-state index is 12.0. The van der Waals surface area contributed by atoms with Crippen LogP contribution in [0.4, 0.5) is 0 Å². The maximum Gasteiger partial charge on any atom is 0.233 e. The van der Waals surface area contributed by atoms with Crippen LogP contribution in [0.2, 0.25) is 0 Å². The Labute approximate surface area is 136 Å². The van der Waals surface area contributed by atoms with E-state index in [-0.39, 0.29) is 15.9 Å². The average Bonchev–Trinajstić information content (AvgIpc) is 2.43. The molecular weight excluding hydrogens is 302 g/mol. The van der Waals surface area contributed by atoms with Gasteiger partial charge >= 0.3 is 0 Å². The van der Waals surface area contributed by atoms with E-state index >= 15 is 0 Å². The molecule has 0 saturated carbocycles. The summed E-state index contributed by atoms with van der Waals surface area (Å²) in [5.74, 6) is 1.86. The quantitative estimate of drug-likeness (QED) is 0.610. The molecule has 1 rings (SSSR count). The lowest BCUT2D eigenvalue weighted by Gasteiger charge is -2.18. The molecule has 0 radical (unpaired) electrons. The summed E-state index contributed by atoms with van der Waals surface area (Å²) in [6, 6.07) is 7.77. The van der Waals surface area contributed by atoms with E-state index in [2.05, 4.69) is 26.1 Å². The summed E-state index contributed by atoms with van der Waals surface area (Å²) in [6.07, 6.45) is 0. The summed E-state index contributed by atoms with van der Waals surface area (Å²) in [7, 11) is 1.65. The van der Waals surface area contributed by atoms with Crippen molar-refractivity contribution < 1.29 is 9.53 Å². The molecule has 5 heteroatoms. The third kappa shape index (κ3) is 7.67. The second-order valence-corrected chi connectivity index (χ2v) is 9.02. The summed E-state index contributed by atoms with van der Waals surface area (Å²) in [5, 5.41) is 2.89. The lowest BCUT2D eigenvalue weighted by molar-refractivity contribution is -0.120. The fraction of sp³-hybridized carbons (Fsp3) is 0.562. The Kier molecular flexibility index (Phi) is 7.46. The fourth-order valence-corrected chi connectivity index (χ4v) is 3.30. The molecule has 1 N–H and O–H groups in total. The second kappa shape index (κ2) is 8.59. The number of hydrogen-bond donors (Lipinski definition) is 1. The van der Waals surface area contributed by atoms with Crippen molar-refractivity contribution in [2.45, 2.75) is 42.6 Å². The molecule has 21 heavy (non-hydrogen) atoms. The molecule has 0 fully saturated rings. The van der Waals surface area contributed by atoms with E-state index in [4.69, 9.17) is 4.74 Å². The van der Waals surface area contributed by atoms with E-state index in [1.807, 2.05) is 43.0 Å². The molecule has 1 amide bonds. The smallest absolute Gasteiger partial charge is 0.233 e. The van der Waals surface area contributed by atoms with Gasteiger partial charge in [0.1, 0.15) is 5.75 Å². The van der Waals surface area contributed by atoms with E-state index in [1.54, 1.807) is 18.9 Å². The number of benzene rings is 1. The highest BCUT2D eigenvalue weighted by Gasteiger charge is 2.15. The van der Waals surface area contributed by atoms with Crippen molar-refractivity contribution in [2.75, 3.05) is 19.4 Å². The Hall–Kier alpha value is -0.810. The standard InChI is InChI=1S/C16H25NO2S2/c1-12(15(18)17-10-11-20-16(2,3)4)21-14-8-6-13(19-5)7-9-14/h6-9,12H,10-11H2,1-5H3,(H,17,18)/t12-/m1/s1. The largest absolute Gasteiger partial charge is 0.497 e. The molecule has 0 spiro atoms. The van der Waals surface area contributed by atoms with E-state index in [1.165, 1.54) is 0 Å². The molecule has 118 valence electrons. The van der Waals surface area contributed by atoms with Crippen LogP contribution in [-0.2, 0) is 4.79 Å². The maximum absolute atomic E-state index is 12.0. The van der Waals surface area contributed by atoms with Gasteiger partial charge < -0.3 is 10.1 Å². The first-order valence-corrected chi connectivity index (χ1v) is 8.91. The summed E-state index contributed by atoms with van der Waals surface area (Å²) in [4.78, 5) is 13.1. The van der Waals surface area contributed by atoms with E-state index in [0.29, 0.717) is 6.54 Å². The van der Waals surface area contributed by atoms with Crippen LogP contribution in [0.5, 0.6) is 5.75 Å². The average molecular weight is 328 g/mol. The SMILES string of the molecule is COc1ccc(S[C@H](C)C(=O)NCCSC(C)(C)C)cc1. The summed E-state index contributed by atoms with van der Waals surface area (Å²) in [5.41, 5.74) is 0. The van der Waals surface area contributed by atoms with Gasteiger partial charge in [-0.25, -0.2) is 0 Å². The minimum absolute atomic E-state index is 0.0883. The first-order valence-electron chi connectivity index (χ1n) is 7.04. The molecule has 1 aromatic rings. The molecule has 0 aromatic heterocycles. The van der Waals surface area contributed by atoms with Gasteiger partial charge in [0.15, 0.2) is 0 Å². The molecule has 0 saturated heterocycles. The van der Waals surface area contributed by atoms with E-state index in [0.717, 1.165) is 16.4 Å². The third-order valence-corrected chi connectivity index (χ3v) is 5.06. The van der Waals surface area contributed by atoms with E-state index < -0.39 is 0 Å². The van der Waals surface area contributed by atoms with Crippen LogP contribution in [0.15, 0.2) is 29.2 Å². The zero-order chi connectivity index (χ0) is 15.9. The van der Waals surface area contributed by atoms with Gasteiger partial charge in [-0.1, -0.05) is 20.8 Å². The first-order chi connectivity index (χ1) is 9.81. The summed E-state index contributed by atoms with van der Waals surface area (Å²) in [6.45, 7) is 9.19. The zero-order valence-corrected chi connectivity index (χ0v) is 15.1. The molecule has 0 aliphatic carbocycles. The van der Waals surface area contributed by atoms with Crippen LogP contribution >= 0.6 is 23.5 Å². The van der Waals surface area contributed by atoms with Crippen molar-refractivity contribution in [1.29, 1.82) is 0 Å². The normalized spacial score (nSPS) is 12.8. The highest BCUT2D eigenvalue weighted by Crippen LogP contribution is 2.25. The zero-order valence-electron chi connectivity index (χ0n) is 13.4. The number of hydrogen-bond acceptors (Lipinski definition) is 4. The van der Waals surface area contributed by atoms with Crippen molar-refractivity contribution in [1.82, 2.24) is 5.32 Å². The number of nitrogens with one attached hydrogen (secondary N) is 1. The predicted octanol–water partition coefficient (Wildman–Crippen LogP) is 3.82. The van der Waals surface area contributed by atoms with Crippen molar-refractivity contribution in [3.63, 3.8) is 0 Å². The Morgan fingerprint density at radius 3 is 2.43 bits per heavy atom. The number of rotatable bonds is 7. The number of carbonyl (C=O) groups excluding carboxylic acids is 1. The monoisotopic (exact) mass is 327 g/mol. The van der Waals surface area contributed by atoms with Crippen LogP contribution in [0.1, 0.15) is 27.7 Å². The Morgan fingerprint density at radius 1 is 1.29 bits per heavy atom. The van der Waals surface area contributed by atoms with Crippen LogP contribution < -0.4 is 10.1 Å². The van der Waals surface area contributed by atoms with Crippen molar-refractivity contribution in [3.05, 3.63) is 24.3 Å². The lowest BCUT2D eigenvalue weighted by atomic mass is 10.3. The van der Waals surface area contributed by atoms with Gasteiger partial charge in [-0.3, -0.25) is 4.79 Å². The van der Waals surface area contributed by atoms with Crippen LogP contribution in [-0.4, -0.2) is 35.3 Å². The molecule has 0 aliphatic rings. The third-order valence-electron chi connectivity index (χ3n) is 2.68. The Bertz CT molecular complexity index is 441. The minimum Gasteiger partial charge on any atom is -0.497 e. The van der Waals surface area contributed by atoms with Crippen LogP contribution in [0.3, 0.4) is 0 Å². The topological polar surface area (TPSA) is 38.3 Å². The highest BCUT2D eigenvalue weighted by molar-refractivity contribution is 8.00. The first kappa shape index (κ1) is 18.2.